The van der Waals surface area contributed by atoms with Crippen LogP contribution in [0.15, 0.2) is 24.3 Å². The number of hydrogen-bond donors (Lipinski definition) is 1. The molecule has 0 spiro atoms. The van der Waals surface area contributed by atoms with E-state index < -0.39 is 0 Å². The number of likely N-dealkylation sites (N-methyl/N-ethyl adjacent to an activating group) is 1. The van der Waals surface area contributed by atoms with Crippen LogP contribution in [0.2, 0.25) is 0 Å². The first-order valence-electron chi connectivity index (χ1n) is 6.32. The number of benzene rings is 1. The number of halogens is 1. The summed E-state index contributed by atoms with van der Waals surface area (Å²) in [6.07, 6.45) is 2.23. The average Bonchev–Trinajstić information content (AvgIpc) is 3.18. The Morgan fingerprint density at radius 1 is 1.56 bits per heavy atom. The molecule has 1 saturated carbocycles. The van der Waals surface area contributed by atoms with Crippen LogP contribution in [0.25, 0.3) is 0 Å². The maximum Gasteiger partial charge on any atom is 0.236 e. The first-order chi connectivity index (χ1) is 8.58. The first-order valence-corrected chi connectivity index (χ1v) is 6.32. The predicted octanol–water partition coefficient (Wildman–Crippen LogP) is 2.10. The van der Waals surface area contributed by atoms with Crippen molar-refractivity contribution in [1.82, 2.24) is 10.2 Å². The smallest absolute Gasteiger partial charge is 0.236 e. The summed E-state index contributed by atoms with van der Waals surface area (Å²) in [5.74, 6) is -0.150. The van der Waals surface area contributed by atoms with E-state index in [0.717, 1.165) is 18.4 Å². The molecule has 0 bridgehead atoms. The van der Waals surface area contributed by atoms with Crippen molar-refractivity contribution in [3.8, 4) is 0 Å². The number of carbonyl (C=O) groups excluding carboxylic acids is 1. The summed E-state index contributed by atoms with van der Waals surface area (Å²) in [7, 11) is 1.84. The lowest BCUT2D eigenvalue weighted by atomic mass is 10.1. The Hall–Kier alpha value is -1.42. The fourth-order valence-electron chi connectivity index (χ4n) is 1.92. The molecule has 1 aromatic carbocycles. The Morgan fingerprint density at radius 3 is 2.89 bits per heavy atom. The molecule has 0 aliphatic heterocycles. The number of hydrogen-bond acceptors (Lipinski definition) is 2. The molecular formula is C14H19FN2O. The van der Waals surface area contributed by atoms with Crippen LogP contribution in [0.1, 0.15) is 31.4 Å². The van der Waals surface area contributed by atoms with Gasteiger partial charge in [0.25, 0.3) is 0 Å². The molecule has 1 fully saturated rings. The molecule has 0 heterocycles. The Morgan fingerprint density at radius 2 is 2.28 bits per heavy atom. The molecule has 1 aromatic rings. The fourth-order valence-corrected chi connectivity index (χ4v) is 1.92. The molecule has 0 aromatic heterocycles. The van der Waals surface area contributed by atoms with Gasteiger partial charge in [0.2, 0.25) is 5.91 Å². The highest BCUT2D eigenvalue weighted by Crippen LogP contribution is 2.25. The molecule has 1 aliphatic carbocycles. The highest BCUT2D eigenvalue weighted by atomic mass is 19.1. The Bertz CT molecular complexity index is 432. The molecule has 1 unspecified atom stereocenters. The van der Waals surface area contributed by atoms with Gasteiger partial charge in [-0.15, -0.1) is 0 Å². The lowest BCUT2D eigenvalue weighted by molar-refractivity contribution is -0.129. The quantitative estimate of drug-likeness (QED) is 0.868. The number of nitrogens with zero attached hydrogens (tertiary/aromatic N) is 1. The van der Waals surface area contributed by atoms with Gasteiger partial charge in [0, 0.05) is 19.1 Å². The van der Waals surface area contributed by atoms with Gasteiger partial charge in [0.15, 0.2) is 0 Å². The molecule has 0 radical (unpaired) electrons. The molecule has 2 rings (SSSR count). The van der Waals surface area contributed by atoms with Gasteiger partial charge in [0.05, 0.1) is 6.54 Å². The third-order valence-corrected chi connectivity index (χ3v) is 3.40. The number of nitrogens with one attached hydrogen (secondary N) is 1. The molecular weight excluding hydrogens is 231 g/mol. The van der Waals surface area contributed by atoms with Crippen molar-refractivity contribution in [1.29, 1.82) is 0 Å². The van der Waals surface area contributed by atoms with Gasteiger partial charge in [-0.1, -0.05) is 12.1 Å². The normalized spacial score (nSPS) is 16.4. The van der Waals surface area contributed by atoms with Crippen molar-refractivity contribution in [3.63, 3.8) is 0 Å². The second-order valence-electron chi connectivity index (χ2n) is 4.89. The van der Waals surface area contributed by atoms with E-state index in [1.165, 1.54) is 12.1 Å². The van der Waals surface area contributed by atoms with Crippen LogP contribution in [0, 0.1) is 5.82 Å². The van der Waals surface area contributed by atoms with E-state index in [4.69, 9.17) is 0 Å². The molecule has 18 heavy (non-hydrogen) atoms. The minimum atomic E-state index is -0.248. The Labute approximate surface area is 107 Å². The van der Waals surface area contributed by atoms with Gasteiger partial charge in [-0.2, -0.15) is 0 Å². The van der Waals surface area contributed by atoms with E-state index in [1.807, 2.05) is 20.0 Å². The SMILES string of the molecule is CC(NCC(=O)N(C)C1CC1)c1cccc(F)c1. The van der Waals surface area contributed by atoms with E-state index >= 15 is 0 Å². The van der Waals surface area contributed by atoms with E-state index in [1.54, 1.807) is 11.0 Å². The second kappa shape index (κ2) is 5.48. The zero-order valence-corrected chi connectivity index (χ0v) is 10.8. The van der Waals surface area contributed by atoms with Crippen LogP contribution in [0.5, 0.6) is 0 Å². The first kappa shape index (κ1) is 13.0. The Kier molecular flexibility index (Phi) is 3.97. The Balaban J connectivity index is 1.84. The van der Waals surface area contributed by atoms with Crippen LogP contribution in [-0.4, -0.2) is 30.4 Å². The standard InChI is InChI=1S/C14H19FN2O/c1-10(11-4-3-5-12(15)8-11)16-9-14(18)17(2)13-6-7-13/h3-5,8,10,13,16H,6-7,9H2,1-2H3. The van der Waals surface area contributed by atoms with E-state index in [9.17, 15) is 9.18 Å². The molecule has 1 amide bonds. The molecule has 1 atom stereocenters. The van der Waals surface area contributed by atoms with Gasteiger partial charge in [-0.05, 0) is 37.5 Å². The highest BCUT2D eigenvalue weighted by Gasteiger charge is 2.29. The third kappa shape index (κ3) is 3.29. The zero-order chi connectivity index (χ0) is 13.1. The predicted molar refractivity (Wildman–Crippen MR) is 68.6 cm³/mol. The monoisotopic (exact) mass is 250 g/mol. The maximum atomic E-state index is 13.1. The van der Waals surface area contributed by atoms with Crippen molar-refractivity contribution in [2.75, 3.05) is 13.6 Å². The summed E-state index contributed by atoms with van der Waals surface area (Å²) >= 11 is 0. The highest BCUT2D eigenvalue weighted by molar-refractivity contribution is 5.78. The van der Waals surface area contributed by atoms with Crippen LogP contribution in [0.3, 0.4) is 0 Å². The van der Waals surface area contributed by atoms with Crippen molar-refractivity contribution < 1.29 is 9.18 Å². The van der Waals surface area contributed by atoms with Gasteiger partial charge < -0.3 is 10.2 Å². The van der Waals surface area contributed by atoms with Crippen LogP contribution < -0.4 is 5.32 Å². The zero-order valence-electron chi connectivity index (χ0n) is 10.8. The summed E-state index contributed by atoms with van der Waals surface area (Å²) in [4.78, 5) is 13.6. The summed E-state index contributed by atoms with van der Waals surface area (Å²) in [6.45, 7) is 2.23. The largest absolute Gasteiger partial charge is 0.342 e. The van der Waals surface area contributed by atoms with Crippen LogP contribution in [0.4, 0.5) is 4.39 Å². The average molecular weight is 250 g/mol. The lowest BCUT2D eigenvalue weighted by Crippen LogP contribution is -2.37. The summed E-state index contributed by atoms with van der Waals surface area (Å²) in [6, 6.07) is 6.85. The van der Waals surface area contributed by atoms with Gasteiger partial charge in [-0.25, -0.2) is 4.39 Å². The summed E-state index contributed by atoms with van der Waals surface area (Å²) < 4.78 is 13.1. The molecule has 1 aliphatic rings. The minimum absolute atomic E-state index is 0.0303. The van der Waals surface area contributed by atoms with Gasteiger partial charge in [-0.3, -0.25) is 4.79 Å². The molecule has 98 valence electrons. The third-order valence-electron chi connectivity index (χ3n) is 3.40. The second-order valence-corrected chi connectivity index (χ2v) is 4.89. The van der Waals surface area contributed by atoms with Gasteiger partial charge in [0.1, 0.15) is 5.82 Å². The topological polar surface area (TPSA) is 32.3 Å². The van der Waals surface area contributed by atoms with Gasteiger partial charge >= 0.3 is 0 Å². The number of carbonyl (C=O) groups is 1. The molecule has 0 saturated heterocycles. The van der Waals surface area contributed by atoms with Crippen molar-refractivity contribution in [3.05, 3.63) is 35.6 Å². The molecule has 1 N–H and O–H groups in total. The summed E-state index contributed by atoms with van der Waals surface area (Å²) in [5, 5.41) is 3.13. The maximum absolute atomic E-state index is 13.1. The van der Waals surface area contributed by atoms with Crippen molar-refractivity contribution >= 4 is 5.91 Å². The minimum Gasteiger partial charge on any atom is -0.342 e. The van der Waals surface area contributed by atoms with Crippen molar-refractivity contribution in [2.45, 2.75) is 31.8 Å². The molecule has 3 nitrogen and oxygen atoms in total. The lowest BCUT2D eigenvalue weighted by Gasteiger charge is -2.19. The fraction of sp³-hybridized carbons (Fsp3) is 0.500. The van der Waals surface area contributed by atoms with E-state index in [2.05, 4.69) is 5.32 Å². The van der Waals surface area contributed by atoms with E-state index in [-0.39, 0.29) is 17.8 Å². The molecule has 4 heteroatoms. The van der Waals surface area contributed by atoms with Crippen LogP contribution in [-0.2, 0) is 4.79 Å². The number of rotatable bonds is 5. The summed E-state index contributed by atoms with van der Waals surface area (Å²) in [5.41, 5.74) is 0.858. The van der Waals surface area contributed by atoms with E-state index in [0.29, 0.717) is 12.6 Å². The van der Waals surface area contributed by atoms with Crippen LogP contribution >= 0.6 is 0 Å². The number of amides is 1. The van der Waals surface area contributed by atoms with Crippen molar-refractivity contribution in [2.24, 2.45) is 0 Å².